The summed E-state index contributed by atoms with van der Waals surface area (Å²) >= 11 is -0.0597. The summed E-state index contributed by atoms with van der Waals surface area (Å²) in [6.45, 7) is 9.85. The molecule has 3 aliphatic rings. The number of benzene rings is 1. The molecule has 0 N–H and O–H groups in total. The monoisotopic (exact) mass is 496 g/mol. The maximum atomic E-state index is 2.65. The van der Waals surface area contributed by atoms with Gasteiger partial charge < -0.3 is 24.8 Å². The van der Waals surface area contributed by atoms with E-state index in [4.69, 9.17) is 0 Å². The average Bonchev–Trinajstić information content (AvgIpc) is 3.30. The summed E-state index contributed by atoms with van der Waals surface area (Å²) in [5.74, 6) is 1.66. The molecule has 0 amide bonds. The number of hydrogen-bond acceptors (Lipinski definition) is 0. The molecule has 0 aromatic heterocycles. The molecule has 0 bridgehead atoms. The first kappa shape index (κ1) is 26.4. The Bertz CT molecular complexity index is 777. The number of fused-ring (bicyclic) bond motifs is 2. The second-order valence-electron chi connectivity index (χ2n) is 8.91. The first-order valence-electron chi connectivity index (χ1n) is 11.3. The van der Waals surface area contributed by atoms with Gasteiger partial charge in [0.15, 0.2) is 0 Å². The molecule has 4 heteroatoms. The fraction of sp³-hybridized carbons (Fsp3) is 0.538. The molecule has 0 spiro atoms. The average molecular weight is 497 g/mol. The van der Waals surface area contributed by atoms with Crippen molar-refractivity contribution in [3.05, 3.63) is 65.0 Å². The molecular formula is C26H35Cl2PTi. The van der Waals surface area contributed by atoms with Gasteiger partial charge in [-0.3, -0.25) is 0 Å². The van der Waals surface area contributed by atoms with Gasteiger partial charge >= 0.3 is 183 Å². The fourth-order valence-electron chi connectivity index (χ4n) is 5.41. The Morgan fingerprint density at radius 2 is 1.63 bits per heavy atom. The van der Waals surface area contributed by atoms with Crippen LogP contribution < -0.4 is 24.8 Å². The molecule has 6 unspecified atom stereocenters. The molecule has 0 nitrogen and oxygen atoms in total. The third kappa shape index (κ3) is 5.21. The van der Waals surface area contributed by atoms with Crippen molar-refractivity contribution in [2.75, 3.05) is 0 Å². The summed E-state index contributed by atoms with van der Waals surface area (Å²) in [7, 11) is -0.0492. The van der Waals surface area contributed by atoms with Crippen molar-refractivity contribution in [2.45, 2.75) is 73.1 Å². The zero-order chi connectivity index (χ0) is 19.7. The van der Waals surface area contributed by atoms with Crippen molar-refractivity contribution in [1.29, 1.82) is 0 Å². The Kier molecular flexibility index (Phi) is 10.4. The van der Waals surface area contributed by atoms with Crippen LogP contribution in [0.15, 0.2) is 53.9 Å². The molecule has 1 aromatic rings. The van der Waals surface area contributed by atoms with Crippen molar-refractivity contribution in [3.63, 3.8) is 0 Å². The van der Waals surface area contributed by atoms with Crippen LogP contribution in [0.1, 0.15) is 68.7 Å². The van der Waals surface area contributed by atoms with Crippen LogP contribution in [0.3, 0.4) is 0 Å². The predicted octanol–water partition coefficient (Wildman–Crippen LogP) is 2.19. The summed E-state index contributed by atoms with van der Waals surface area (Å²) in [4.78, 5) is 0. The van der Waals surface area contributed by atoms with Gasteiger partial charge in [-0.2, -0.15) is 0 Å². The van der Waals surface area contributed by atoms with E-state index in [1.54, 1.807) is 11.1 Å². The minimum atomic E-state index is -0.0597. The summed E-state index contributed by atoms with van der Waals surface area (Å²) in [6, 6.07) is 9.36. The zero-order valence-corrected chi connectivity index (χ0v) is 22.7. The normalized spacial score (nSPS) is 28.9. The summed E-state index contributed by atoms with van der Waals surface area (Å²) in [5.41, 5.74) is 4.90. The molecule has 1 aromatic carbocycles. The van der Waals surface area contributed by atoms with E-state index in [2.05, 4.69) is 82.3 Å². The molecule has 0 radical (unpaired) electrons. The van der Waals surface area contributed by atoms with Crippen molar-refractivity contribution >= 4 is 14.0 Å². The van der Waals surface area contributed by atoms with Crippen LogP contribution >= 0.6 is 7.92 Å². The van der Waals surface area contributed by atoms with E-state index in [1.165, 1.54) is 25.7 Å². The van der Waals surface area contributed by atoms with E-state index in [1.807, 2.05) is 5.31 Å². The van der Waals surface area contributed by atoms with E-state index in [9.17, 15) is 0 Å². The predicted molar refractivity (Wildman–Crippen MR) is 122 cm³/mol. The van der Waals surface area contributed by atoms with Crippen LogP contribution in [0.2, 0.25) is 4.22 Å². The first-order valence-corrected chi connectivity index (χ1v) is 14.6. The van der Waals surface area contributed by atoms with E-state index in [0.717, 1.165) is 31.6 Å². The molecule has 1 saturated carbocycles. The minimum Gasteiger partial charge on any atom is -1.00 e. The third-order valence-corrected chi connectivity index (χ3v) is 14.5. The van der Waals surface area contributed by atoms with Crippen molar-refractivity contribution in [2.24, 2.45) is 11.8 Å². The summed E-state index contributed by atoms with van der Waals surface area (Å²) in [6.07, 6.45) is 17.8. The summed E-state index contributed by atoms with van der Waals surface area (Å²) in [5, 5.41) is 1.87. The zero-order valence-electron chi connectivity index (χ0n) is 18.7. The molecule has 162 valence electrons. The molecule has 3 aliphatic carbocycles. The van der Waals surface area contributed by atoms with Gasteiger partial charge in [-0.1, -0.05) is 0 Å². The van der Waals surface area contributed by atoms with Crippen LogP contribution in [-0.2, 0) is 19.2 Å². The van der Waals surface area contributed by atoms with Gasteiger partial charge in [0, 0.05) is 0 Å². The Hall–Kier alpha value is 0.164. The molecule has 0 saturated heterocycles. The van der Waals surface area contributed by atoms with E-state index in [-0.39, 0.29) is 51.9 Å². The Balaban J connectivity index is 0.00000160. The SMILES string of the molecule is CCC(C)P(C1=Cc2ccccc2[CH]1[Ti+2][CH]1CCC2C=CC=CC21)C(C)CC.[Cl-].[Cl-]. The summed E-state index contributed by atoms with van der Waals surface area (Å²) < 4.78 is 1.75. The first-order chi connectivity index (χ1) is 13.6. The van der Waals surface area contributed by atoms with Crippen LogP contribution in [0.5, 0.6) is 0 Å². The number of hydrogen-bond donors (Lipinski definition) is 0. The molecular weight excluding hydrogens is 462 g/mol. The van der Waals surface area contributed by atoms with E-state index >= 15 is 0 Å². The van der Waals surface area contributed by atoms with Gasteiger partial charge in [-0.15, -0.1) is 0 Å². The number of allylic oxidation sites excluding steroid dienone is 5. The quantitative estimate of drug-likeness (QED) is 0.401. The second kappa shape index (κ2) is 11.9. The Morgan fingerprint density at radius 1 is 0.967 bits per heavy atom. The van der Waals surface area contributed by atoms with Crippen molar-refractivity contribution in [1.82, 2.24) is 0 Å². The molecule has 4 rings (SSSR count). The fourth-order valence-corrected chi connectivity index (χ4v) is 13.0. The maximum Gasteiger partial charge on any atom is -1.00 e. The van der Waals surface area contributed by atoms with Gasteiger partial charge in [-0.05, 0) is 0 Å². The van der Waals surface area contributed by atoms with Gasteiger partial charge in [-0.25, -0.2) is 0 Å². The minimum absolute atomic E-state index is 0. The topological polar surface area (TPSA) is 0 Å². The van der Waals surface area contributed by atoms with Crippen LogP contribution in [0, 0.1) is 11.8 Å². The van der Waals surface area contributed by atoms with Crippen LogP contribution in [-0.4, -0.2) is 11.3 Å². The molecule has 1 fully saturated rings. The molecule has 0 heterocycles. The Labute approximate surface area is 207 Å². The Morgan fingerprint density at radius 3 is 2.33 bits per heavy atom. The van der Waals surface area contributed by atoms with Crippen molar-refractivity contribution in [3.8, 4) is 0 Å². The second-order valence-corrected chi connectivity index (χ2v) is 14.6. The third-order valence-electron chi connectivity index (χ3n) is 7.29. The van der Waals surface area contributed by atoms with Gasteiger partial charge in [0.05, 0.1) is 0 Å². The van der Waals surface area contributed by atoms with E-state index < -0.39 is 0 Å². The van der Waals surface area contributed by atoms with Gasteiger partial charge in [0.25, 0.3) is 0 Å². The van der Waals surface area contributed by atoms with Gasteiger partial charge in [0.1, 0.15) is 0 Å². The number of rotatable bonds is 7. The van der Waals surface area contributed by atoms with Crippen LogP contribution in [0.4, 0.5) is 0 Å². The van der Waals surface area contributed by atoms with Crippen molar-refractivity contribution < 1.29 is 44.0 Å². The van der Waals surface area contributed by atoms with Gasteiger partial charge in [0.2, 0.25) is 0 Å². The smallest absolute Gasteiger partial charge is 1.00 e. The molecule has 0 aliphatic heterocycles. The number of halogens is 2. The molecule has 6 atom stereocenters. The van der Waals surface area contributed by atoms with Crippen LogP contribution in [0.25, 0.3) is 6.08 Å². The maximum absolute atomic E-state index is 2.65. The molecule has 30 heavy (non-hydrogen) atoms. The largest absolute Gasteiger partial charge is 1.00 e. The van der Waals surface area contributed by atoms with E-state index in [0.29, 0.717) is 0 Å². The standard InChI is InChI=1S/C17H24P.C9H11.2ClH.Ti/c1-5-13(3)18(14(4)6-2)17-11-15-9-7-8-10-16(15)12-17;1-2-5-9-7-3-6-8(9)4-1;;;/h7-14H,5-6H2,1-4H3;1-2,4-6,8-9H,3,7H2;2*1H;/q;;;;+2/p-2.